The van der Waals surface area contributed by atoms with Crippen LogP contribution in [0.3, 0.4) is 0 Å². The molecule has 0 saturated heterocycles. The Labute approximate surface area is 72.2 Å². The smallest absolute Gasteiger partial charge is 0.147 e. The molecule has 0 aromatic carbocycles. The van der Waals surface area contributed by atoms with Crippen molar-refractivity contribution in [1.29, 1.82) is 0 Å². The quantitative estimate of drug-likeness (QED) is 0.735. The van der Waals surface area contributed by atoms with Gasteiger partial charge in [-0.2, -0.15) is 0 Å². The largest absolute Gasteiger partial charge is 0.368 e. The summed E-state index contributed by atoms with van der Waals surface area (Å²) in [5.41, 5.74) is 0.984. The highest BCUT2D eigenvalue weighted by molar-refractivity contribution is 5.38. The fraction of sp³-hybridized carbons (Fsp3) is 0.556. The maximum absolute atomic E-state index is 4.20. The summed E-state index contributed by atoms with van der Waals surface area (Å²) in [5.74, 6) is 1.82. The minimum Gasteiger partial charge on any atom is -0.368 e. The fourth-order valence-electron chi connectivity index (χ4n) is 1.14. The molecule has 0 amide bonds. The monoisotopic (exact) mass is 163 g/mol. The molecule has 1 aliphatic carbocycles. The Hall–Kier alpha value is -1.12. The normalized spacial score (nSPS) is 16.1. The zero-order chi connectivity index (χ0) is 8.39. The number of aryl methyl sites for hydroxylation is 1. The molecule has 0 radical (unpaired) electrons. The van der Waals surface area contributed by atoms with Gasteiger partial charge in [0.15, 0.2) is 0 Å². The van der Waals surface area contributed by atoms with E-state index in [0.717, 1.165) is 24.0 Å². The van der Waals surface area contributed by atoms with Gasteiger partial charge in [-0.15, -0.1) is 0 Å². The van der Waals surface area contributed by atoms with Crippen LogP contribution in [0.2, 0.25) is 0 Å². The first-order valence-corrected chi connectivity index (χ1v) is 4.38. The lowest BCUT2D eigenvalue weighted by molar-refractivity contribution is 0.877. The number of nitrogens with zero attached hydrogens (tertiary/aromatic N) is 2. The summed E-state index contributed by atoms with van der Waals surface area (Å²) in [7, 11) is 0. The summed E-state index contributed by atoms with van der Waals surface area (Å²) in [4.78, 5) is 8.36. The van der Waals surface area contributed by atoms with E-state index in [9.17, 15) is 0 Å². The molecule has 12 heavy (non-hydrogen) atoms. The zero-order valence-electron chi connectivity index (χ0n) is 7.25. The van der Waals surface area contributed by atoms with Crippen molar-refractivity contribution in [2.75, 3.05) is 11.9 Å². The molecule has 3 heteroatoms. The van der Waals surface area contributed by atoms with Crippen molar-refractivity contribution in [1.82, 2.24) is 9.97 Å². The molecule has 1 saturated carbocycles. The third kappa shape index (κ3) is 1.72. The number of anilines is 1. The molecule has 1 aromatic rings. The molecule has 0 unspecified atom stereocenters. The second-order valence-corrected chi connectivity index (χ2v) is 3.31. The van der Waals surface area contributed by atoms with E-state index in [1.807, 2.05) is 6.92 Å². The van der Waals surface area contributed by atoms with Gasteiger partial charge in [-0.3, -0.25) is 4.98 Å². The molecule has 1 N–H and O–H groups in total. The third-order valence-electron chi connectivity index (χ3n) is 2.14. The third-order valence-corrected chi connectivity index (χ3v) is 2.14. The number of rotatable bonds is 3. The maximum atomic E-state index is 4.20. The summed E-state index contributed by atoms with van der Waals surface area (Å²) in [6.45, 7) is 3.03. The first-order chi connectivity index (χ1) is 5.86. The van der Waals surface area contributed by atoms with Gasteiger partial charge in [0.05, 0.1) is 5.69 Å². The second kappa shape index (κ2) is 3.09. The Kier molecular flexibility index (Phi) is 1.94. The molecule has 3 nitrogen and oxygen atoms in total. The summed E-state index contributed by atoms with van der Waals surface area (Å²) in [5, 5.41) is 3.30. The lowest BCUT2D eigenvalue weighted by atomic mass is 10.4. The van der Waals surface area contributed by atoms with E-state index in [1.54, 1.807) is 12.4 Å². The van der Waals surface area contributed by atoms with Gasteiger partial charge in [0.25, 0.3) is 0 Å². The Morgan fingerprint density at radius 3 is 2.83 bits per heavy atom. The van der Waals surface area contributed by atoms with Crippen LogP contribution in [0, 0.1) is 12.8 Å². The molecule has 1 heterocycles. The first kappa shape index (κ1) is 7.53. The number of nitrogens with one attached hydrogen (secondary N) is 1. The zero-order valence-corrected chi connectivity index (χ0v) is 7.25. The van der Waals surface area contributed by atoms with Crippen LogP contribution in [-0.4, -0.2) is 16.5 Å². The molecule has 2 rings (SSSR count). The van der Waals surface area contributed by atoms with Crippen LogP contribution in [0.25, 0.3) is 0 Å². The van der Waals surface area contributed by atoms with Crippen molar-refractivity contribution in [2.24, 2.45) is 5.92 Å². The molecule has 0 bridgehead atoms. The molecule has 1 fully saturated rings. The first-order valence-electron chi connectivity index (χ1n) is 4.38. The van der Waals surface area contributed by atoms with Crippen LogP contribution in [0.5, 0.6) is 0 Å². The SMILES string of the molecule is Cc1nccnc1NCC1CC1. The van der Waals surface area contributed by atoms with Crippen molar-refractivity contribution in [3.05, 3.63) is 18.1 Å². The van der Waals surface area contributed by atoms with Gasteiger partial charge in [-0.25, -0.2) is 4.98 Å². The molecular weight excluding hydrogens is 150 g/mol. The Morgan fingerprint density at radius 2 is 2.17 bits per heavy atom. The Bertz CT molecular complexity index is 268. The summed E-state index contributed by atoms with van der Waals surface area (Å²) in [6, 6.07) is 0. The van der Waals surface area contributed by atoms with E-state index < -0.39 is 0 Å². The second-order valence-electron chi connectivity index (χ2n) is 3.31. The van der Waals surface area contributed by atoms with E-state index in [4.69, 9.17) is 0 Å². The molecule has 64 valence electrons. The van der Waals surface area contributed by atoms with Gasteiger partial charge in [0, 0.05) is 18.9 Å². The molecular formula is C9H13N3. The average molecular weight is 163 g/mol. The van der Waals surface area contributed by atoms with Gasteiger partial charge >= 0.3 is 0 Å². The van der Waals surface area contributed by atoms with E-state index in [2.05, 4.69) is 15.3 Å². The minimum absolute atomic E-state index is 0.881. The van der Waals surface area contributed by atoms with Gasteiger partial charge in [0.2, 0.25) is 0 Å². The molecule has 1 aliphatic rings. The summed E-state index contributed by atoms with van der Waals surface area (Å²) >= 11 is 0. The van der Waals surface area contributed by atoms with Crippen LogP contribution < -0.4 is 5.32 Å². The summed E-state index contributed by atoms with van der Waals surface area (Å²) in [6.07, 6.45) is 6.18. The van der Waals surface area contributed by atoms with Crippen LogP contribution >= 0.6 is 0 Å². The van der Waals surface area contributed by atoms with Crippen molar-refractivity contribution in [3.63, 3.8) is 0 Å². The van der Waals surface area contributed by atoms with Crippen LogP contribution in [0.1, 0.15) is 18.5 Å². The standard InChI is InChI=1S/C9H13N3/c1-7-9(11-5-4-10-7)12-6-8-2-3-8/h4-5,8H,2-3,6H2,1H3,(H,11,12). The van der Waals surface area contributed by atoms with Crippen molar-refractivity contribution in [3.8, 4) is 0 Å². The van der Waals surface area contributed by atoms with Crippen LogP contribution in [0.4, 0.5) is 5.82 Å². The van der Waals surface area contributed by atoms with Gasteiger partial charge in [0.1, 0.15) is 5.82 Å². The van der Waals surface area contributed by atoms with E-state index in [0.29, 0.717) is 0 Å². The van der Waals surface area contributed by atoms with Crippen molar-refractivity contribution >= 4 is 5.82 Å². The number of hydrogen-bond acceptors (Lipinski definition) is 3. The highest BCUT2D eigenvalue weighted by Crippen LogP contribution is 2.28. The lowest BCUT2D eigenvalue weighted by Gasteiger charge is -2.05. The van der Waals surface area contributed by atoms with E-state index in [-0.39, 0.29) is 0 Å². The predicted octanol–water partition coefficient (Wildman–Crippen LogP) is 1.61. The average Bonchev–Trinajstić information content (AvgIpc) is 2.86. The van der Waals surface area contributed by atoms with E-state index in [1.165, 1.54) is 12.8 Å². The predicted molar refractivity (Wildman–Crippen MR) is 48.0 cm³/mol. The summed E-state index contributed by atoms with van der Waals surface area (Å²) < 4.78 is 0. The highest BCUT2D eigenvalue weighted by Gasteiger charge is 2.20. The number of aromatic nitrogens is 2. The van der Waals surface area contributed by atoms with Crippen molar-refractivity contribution < 1.29 is 0 Å². The van der Waals surface area contributed by atoms with Crippen LogP contribution in [-0.2, 0) is 0 Å². The lowest BCUT2D eigenvalue weighted by Crippen LogP contribution is -2.06. The van der Waals surface area contributed by atoms with Gasteiger partial charge in [-0.05, 0) is 25.7 Å². The molecule has 0 aliphatic heterocycles. The van der Waals surface area contributed by atoms with Crippen LogP contribution in [0.15, 0.2) is 12.4 Å². The Balaban J connectivity index is 1.96. The van der Waals surface area contributed by atoms with Gasteiger partial charge < -0.3 is 5.32 Å². The van der Waals surface area contributed by atoms with Crippen molar-refractivity contribution in [2.45, 2.75) is 19.8 Å². The topological polar surface area (TPSA) is 37.8 Å². The number of hydrogen-bond donors (Lipinski definition) is 1. The minimum atomic E-state index is 0.881. The maximum Gasteiger partial charge on any atom is 0.147 e. The Morgan fingerprint density at radius 1 is 1.42 bits per heavy atom. The fourth-order valence-corrected chi connectivity index (χ4v) is 1.14. The van der Waals surface area contributed by atoms with Gasteiger partial charge in [-0.1, -0.05) is 0 Å². The molecule has 1 aromatic heterocycles. The highest BCUT2D eigenvalue weighted by atomic mass is 15.0. The molecule has 0 spiro atoms. The van der Waals surface area contributed by atoms with E-state index >= 15 is 0 Å². The molecule has 0 atom stereocenters.